The van der Waals surface area contributed by atoms with Gasteiger partial charge in [0, 0.05) is 23.2 Å². The highest BCUT2D eigenvalue weighted by atomic mass is 35.7. The monoisotopic (exact) mass is 282 g/mol. The molecule has 1 saturated carbocycles. The smallest absolute Gasteiger partial charge is 0.232 e. The summed E-state index contributed by atoms with van der Waals surface area (Å²) in [6.45, 7) is 7.26. The first kappa shape index (κ1) is 15.3. The molecule has 0 radical (unpaired) electrons. The first-order valence-electron chi connectivity index (χ1n) is 6.18. The van der Waals surface area contributed by atoms with E-state index in [2.05, 4.69) is 0 Å². The Kier molecular flexibility index (Phi) is 5.29. The molecule has 1 rings (SSSR count). The normalized spacial score (nSPS) is 19.3. The van der Waals surface area contributed by atoms with Crippen molar-refractivity contribution in [1.29, 1.82) is 0 Å². The maximum atomic E-state index is 11.1. The van der Waals surface area contributed by atoms with Crippen molar-refractivity contribution < 1.29 is 13.2 Å². The molecule has 0 aromatic heterocycles. The Labute approximate surface area is 109 Å². The Morgan fingerprint density at radius 1 is 1.35 bits per heavy atom. The van der Waals surface area contributed by atoms with Crippen molar-refractivity contribution in [3.63, 3.8) is 0 Å². The van der Waals surface area contributed by atoms with Crippen LogP contribution >= 0.6 is 10.7 Å². The third-order valence-electron chi connectivity index (χ3n) is 3.31. The van der Waals surface area contributed by atoms with Gasteiger partial charge in [-0.15, -0.1) is 0 Å². The summed E-state index contributed by atoms with van der Waals surface area (Å²) in [5.41, 5.74) is -0.110. The van der Waals surface area contributed by atoms with Crippen LogP contribution in [0.5, 0.6) is 0 Å². The zero-order valence-corrected chi connectivity index (χ0v) is 12.5. The van der Waals surface area contributed by atoms with Crippen molar-refractivity contribution in [2.24, 2.45) is 17.3 Å². The molecular formula is C12H23ClO3S. The summed E-state index contributed by atoms with van der Waals surface area (Å²) in [4.78, 5) is 0. The van der Waals surface area contributed by atoms with Crippen molar-refractivity contribution in [3.8, 4) is 0 Å². The fraction of sp³-hybridized carbons (Fsp3) is 1.00. The van der Waals surface area contributed by atoms with Crippen LogP contribution in [0.25, 0.3) is 0 Å². The summed E-state index contributed by atoms with van der Waals surface area (Å²) in [7, 11) is 1.87. The average Bonchev–Trinajstić information content (AvgIpc) is 2.90. The topological polar surface area (TPSA) is 43.4 Å². The highest BCUT2D eigenvalue weighted by Crippen LogP contribution is 2.33. The van der Waals surface area contributed by atoms with Gasteiger partial charge in [-0.2, -0.15) is 0 Å². The third kappa shape index (κ3) is 7.27. The first-order valence-corrected chi connectivity index (χ1v) is 8.66. The lowest BCUT2D eigenvalue weighted by Crippen LogP contribution is -2.30. The molecule has 0 aromatic rings. The summed E-state index contributed by atoms with van der Waals surface area (Å²) in [6, 6.07) is 0. The van der Waals surface area contributed by atoms with Gasteiger partial charge in [-0.3, -0.25) is 0 Å². The van der Waals surface area contributed by atoms with Crippen molar-refractivity contribution in [1.82, 2.24) is 0 Å². The number of rotatable bonds is 7. The minimum Gasteiger partial charge on any atom is -0.381 e. The molecule has 0 bridgehead atoms. The second-order valence-electron chi connectivity index (χ2n) is 6.08. The summed E-state index contributed by atoms with van der Waals surface area (Å²) in [6.07, 6.45) is 3.74. The Morgan fingerprint density at radius 2 is 1.94 bits per heavy atom. The second-order valence-corrected chi connectivity index (χ2v) is 8.90. The highest BCUT2D eigenvalue weighted by molar-refractivity contribution is 8.13. The maximum Gasteiger partial charge on any atom is 0.232 e. The van der Waals surface area contributed by atoms with Crippen LogP contribution in [-0.2, 0) is 13.8 Å². The molecule has 1 aliphatic rings. The summed E-state index contributed by atoms with van der Waals surface area (Å²) >= 11 is 0. The molecule has 0 saturated heterocycles. The molecule has 1 fully saturated rings. The predicted octanol–water partition coefficient (Wildman–Crippen LogP) is 3.03. The standard InChI is InChI=1S/C12H23ClO3S/c1-12(2,3)11(9-17(13,14)15)8-16-7-6-10-4-5-10/h10-11H,4-9H2,1-3H3. The van der Waals surface area contributed by atoms with E-state index in [1.54, 1.807) is 0 Å². The molecule has 0 spiro atoms. The van der Waals surface area contributed by atoms with Crippen LogP contribution in [0, 0.1) is 17.3 Å². The SMILES string of the molecule is CC(C)(C)C(COCCC1CC1)CS(=O)(=O)Cl. The van der Waals surface area contributed by atoms with Gasteiger partial charge in [-0.25, -0.2) is 8.42 Å². The van der Waals surface area contributed by atoms with E-state index < -0.39 is 9.05 Å². The molecule has 5 heteroatoms. The van der Waals surface area contributed by atoms with Crippen LogP contribution in [0.4, 0.5) is 0 Å². The van der Waals surface area contributed by atoms with E-state index in [1.165, 1.54) is 12.8 Å². The molecule has 1 aliphatic carbocycles. The van der Waals surface area contributed by atoms with Gasteiger partial charge in [0.15, 0.2) is 0 Å². The fourth-order valence-corrected chi connectivity index (χ4v) is 3.20. The van der Waals surface area contributed by atoms with Crippen LogP contribution in [-0.4, -0.2) is 27.4 Å². The third-order valence-corrected chi connectivity index (χ3v) is 4.49. The average molecular weight is 283 g/mol. The summed E-state index contributed by atoms with van der Waals surface area (Å²) in [5.74, 6) is 0.783. The minimum absolute atomic E-state index is 0.0124. The van der Waals surface area contributed by atoms with Gasteiger partial charge in [0.05, 0.1) is 12.4 Å². The predicted molar refractivity (Wildman–Crippen MR) is 70.7 cm³/mol. The van der Waals surface area contributed by atoms with E-state index in [0.717, 1.165) is 18.9 Å². The molecule has 0 heterocycles. The molecule has 3 nitrogen and oxygen atoms in total. The number of ether oxygens (including phenoxy) is 1. The Morgan fingerprint density at radius 3 is 2.35 bits per heavy atom. The zero-order valence-electron chi connectivity index (χ0n) is 10.9. The maximum absolute atomic E-state index is 11.1. The molecule has 1 atom stereocenters. The highest BCUT2D eigenvalue weighted by Gasteiger charge is 2.29. The van der Waals surface area contributed by atoms with Gasteiger partial charge >= 0.3 is 0 Å². The van der Waals surface area contributed by atoms with Crippen LogP contribution < -0.4 is 0 Å². The molecule has 102 valence electrons. The van der Waals surface area contributed by atoms with E-state index in [4.69, 9.17) is 15.4 Å². The lowest BCUT2D eigenvalue weighted by atomic mass is 9.82. The molecular weight excluding hydrogens is 260 g/mol. The molecule has 0 amide bonds. The van der Waals surface area contributed by atoms with Gasteiger partial charge < -0.3 is 4.74 Å². The Hall–Kier alpha value is 0.200. The minimum atomic E-state index is -3.46. The lowest BCUT2D eigenvalue weighted by Gasteiger charge is -2.29. The molecule has 0 N–H and O–H groups in total. The Bertz CT molecular complexity index is 328. The van der Waals surface area contributed by atoms with E-state index in [1.807, 2.05) is 20.8 Å². The quantitative estimate of drug-likeness (QED) is 0.532. The Balaban J connectivity index is 2.34. The van der Waals surface area contributed by atoms with Crippen LogP contribution in [0.1, 0.15) is 40.0 Å². The fourth-order valence-electron chi connectivity index (χ4n) is 1.67. The van der Waals surface area contributed by atoms with Crippen molar-refractivity contribution in [3.05, 3.63) is 0 Å². The van der Waals surface area contributed by atoms with E-state index in [0.29, 0.717) is 6.61 Å². The van der Waals surface area contributed by atoms with E-state index in [9.17, 15) is 8.42 Å². The number of hydrogen-bond donors (Lipinski definition) is 0. The van der Waals surface area contributed by atoms with Gasteiger partial charge in [-0.05, 0) is 17.8 Å². The molecule has 0 aromatic carbocycles. The second kappa shape index (κ2) is 5.89. The molecule has 1 unspecified atom stereocenters. The van der Waals surface area contributed by atoms with Crippen LogP contribution in [0.15, 0.2) is 0 Å². The van der Waals surface area contributed by atoms with Crippen molar-refractivity contribution in [2.75, 3.05) is 19.0 Å². The van der Waals surface area contributed by atoms with Crippen LogP contribution in [0.3, 0.4) is 0 Å². The van der Waals surface area contributed by atoms with Crippen LogP contribution in [0.2, 0.25) is 0 Å². The number of halogens is 1. The molecule has 17 heavy (non-hydrogen) atoms. The van der Waals surface area contributed by atoms with Gasteiger partial charge in [0.1, 0.15) is 0 Å². The summed E-state index contributed by atoms with van der Waals surface area (Å²) in [5, 5.41) is 0. The number of hydrogen-bond acceptors (Lipinski definition) is 3. The summed E-state index contributed by atoms with van der Waals surface area (Å²) < 4.78 is 27.9. The van der Waals surface area contributed by atoms with Gasteiger partial charge in [0.25, 0.3) is 0 Å². The van der Waals surface area contributed by atoms with Crippen molar-refractivity contribution >= 4 is 19.7 Å². The first-order chi connectivity index (χ1) is 7.68. The van der Waals surface area contributed by atoms with Gasteiger partial charge in [0.2, 0.25) is 9.05 Å². The lowest BCUT2D eigenvalue weighted by molar-refractivity contribution is 0.0622. The van der Waals surface area contributed by atoms with Crippen molar-refractivity contribution in [2.45, 2.75) is 40.0 Å². The molecule has 0 aliphatic heterocycles. The van der Waals surface area contributed by atoms with E-state index >= 15 is 0 Å². The van der Waals surface area contributed by atoms with E-state index in [-0.39, 0.29) is 17.1 Å². The zero-order chi connectivity index (χ0) is 13.1. The largest absolute Gasteiger partial charge is 0.381 e. The van der Waals surface area contributed by atoms with Gasteiger partial charge in [-0.1, -0.05) is 33.6 Å².